The number of amides is 1. The average molecular weight is 489 g/mol. The minimum Gasteiger partial charge on any atom is -0.369 e. The van der Waals surface area contributed by atoms with Gasteiger partial charge in [-0.3, -0.25) is 4.79 Å². The SMILES string of the molecule is O=C(Nc1ccc(C(O)(C(F)(F)F)C(F)(F)F)cc1)c1ccc(I)cc1. The standard InChI is InChI=1S/C16H10F6INO2/c17-15(18,19)14(26,16(20,21)22)10-3-7-12(8-4-10)24-13(25)9-1-5-11(23)6-2-9/h1-8,26H,(H,24,25). The Morgan fingerprint density at radius 2 is 1.31 bits per heavy atom. The summed E-state index contributed by atoms with van der Waals surface area (Å²) in [5, 5.41) is 11.6. The summed E-state index contributed by atoms with van der Waals surface area (Å²) in [6, 6.07) is 8.96. The maximum absolute atomic E-state index is 12.8. The average Bonchev–Trinajstić information content (AvgIpc) is 2.53. The molecule has 140 valence electrons. The molecular weight excluding hydrogens is 479 g/mol. The summed E-state index contributed by atoms with van der Waals surface area (Å²) >= 11 is 2.03. The van der Waals surface area contributed by atoms with E-state index in [-0.39, 0.29) is 11.3 Å². The van der Waals surface area contributed by atoms with Crippen molar-refractivity contribution in [1.82, 2.24) is 0 Å². The number of benzene rings is 2. The monoisotopic (exact) mass is 489 g/mol. The molecule has 0 saturated heterocycles. The predicted molar refractivity (Wildman–Crippen MR) is 89.6 cm³/mol. The molecule has 2 aromatic carbocycles. The van der Waals surface area contributed by atoms with Gasteiger partial charge in [0, 0.05) is 20.4 Å². The van der Waals surface area contributed by atoms with Crippen molar-refractivity contribution in [2.75, 3.05) is 5.32 Å². The molecule has 3 nitrogen and oxygen atoms in total. The van der Waals surface area contributed by atoms with Crippen LogP contribution in [0, 0.1) is 3.57 Å². The van der Waals surface area contributed by atoms with Gasteiger partial charge in [-0.2, -0.15) is 26.3 Å². The van der Waals surface area contributed by atoms with Crippen molar-refractivity contribution in [2.45, 2.75) is 18.0 Å². The van der Waals surface area contributed by atoms with E-state index in [0.717, 1.165) is 15.7 Å². The van der Waals surface area contributed by atoms with Crippen molar-refractivity contribution in [3.8, 4) is 0 Å². The third-order valence-corrected chi connectivity index (χ3v) is 4.21. The summed E-state index contributed by atoms with van der Waals surface area (Å²) in [7, 11) is 0. The first-order chi connectivity index (χ1) is 11.9. The van der Waals surface area contributed by atoms with Crippen LogP contribution in [0.15, 0.2) is 48.5 Å². The first-order valence-electron chi connectivity index (χ1n) is 6.89. The molecule has 0 heterocycles. The molecule has 0 fully saturated rings. The minimum absolute atomic E-state index is 0.0241. The summed E-state index contributed by atoms with van der Waals surface area (Å²) < 4.78 is 77.7. The van der Waals surface area contributed by atoms with Crippen molar-refractivity contribution in [3.63, 3.8) is 0 Å². The fraction of sp³-hybridized carbons (Fsp3) is 0.188. The molecule has 2 N–H and O–H groups in total. The van der Waals surface area contributed by atoms with Crippen LogP contribution in [-0.2, 0) is 5.60 Å². The molecule has 0 aromatic heterocycles. The van der Waals surface area contributed by atoms with E-state index in [9.17, 15) is 36.2 Å². The van der Waals surface area contributed by atoms with E-state index >= 15 is 0 Å². The topological polar surface area (TPSA) is 49.3 Å². The first kappa shape index (κ1) is 20.5. The van der Waals surface area contributed by atoms with Crippen LogP contribution in [0.1, 0.15) is 15.9 Å². The number of carbonyl (C=O) groups is 1. The van der Waals surface area contributed by atoms with Gasteiger partial charge in [0.1, 0.15) is 0 Å². The lowest BCUT2D eigenvalue weighted by Crippen LogP contribution is -2.53. The van der Waals surface area contributed by atoms with Gasteiger partial charge in [0.25, 0.3) is 11.5 Å². The van der Waals surface area contributed by atoms with Gasteiger partial charge in [-0.15, -0.1) is 0 Å². The number of halogens is 7. The molecule has 0 radical (unpaired) electrons. The van der Waals surface area contributed by atoms with Gasteiger partial charge < -0.3 is 10.4 Å². The number of alkyl halides is 6. The number of hydrogen-bond donors (Lipinski definition) is 2. The first-order valence-corrected chi connectivity index (χ1v) is 7.97. The molecule has 26 heavy (non-hydrogen) atoms. The van der Waals surface area contributed by atoms with E-state index in [1.807, 2.05) is 22.6 Å². The van der Waals surface area contributed by atoms with Crippen molar-refractivity contribution < 1.29 is 36.2 Å². The van der Waals surface area contributed by atoms with Gasteiger partial charge in [-0.05, 0) is 59.0 Å². The third kappa shape index (κ3) is 3.95. The van der Waals surface area contributed by atoms with Crippen LogP contribution in [-0.4, -0.2) is 23.4 Å². The van der Waals surface area contributed by atoms with Crippen LogP contribution in [0.3, 0.4) is 0 Å². The molecule has 0 bridgehead atoms. The highest BCUT2D eigenvalue weighted by Crippen LogP contribution is 2.50. The van der Waals surface area contributed by atoms with E-state index < -0.39 is 29.4 Å². The van der Waals surface area contributed by atoms with Crippen molar-refractivity contribution in [3.05, 3.63) is 63.2 Å². The van der Waals surface area contributed by atoms with Gasteiger partial charge in [0.05, 0.1) is 0 Å². The van der Waals surface area contributed by atoms with Gasteiger partial charge >= 0.3 is 12.4 Å². The number of aliphatic hydroxyl groups is 1. The zero-order valence-electron chi connectivity index (χ0n) is 12.6. The summed E-state index contributed by atoms with van der Waals surface area (Å²) in [6.07, 6.45) is -11.9. The second-order valence-corrected chi connectivity index (χ2v) is 6.49. The second-order valence-electron chi connectivity index (χ2n) is 5.24. The molecular formula is C16H10F6INO2. The molecule has 0 unspecified atom stereocenters. The number of hydrogen-bond acceptors (Lipinski definition) is 2. The van der Waals surface area contributed by atoms with Crippen LogP contribution >= 0.6 is 22.6 Å². The lowest BCUT2D eigenvalue weighted by Gasteiger charge is -2.32. The largest absolute Gasteiger partial charge is 0.430 e. The van der Waals surface area contributed by atoms with Crippen LogP contribution in [0.5, 0.6) is 0 Å². The predicted octanol–water partition coefficient (Wildman–Crippen LogP) is 4.86. The Labute approximate surface area is 157 Å². The van der Waals surface area contributed by atoms with Crippen molar-refractivity contribution in [2.24, 2.45) is 0 Å². The molecule has 0 spiro atoms. The van der Waals surface area contributed by atoms with Crippen LogP contribution in [0.2, 0.25) is 0 Å². The minimum atomic E-state index is -5.96. The second kappa shape index (κ2) is 7.06. The zero-order valence-corrected chi connectivity index (χ0v) is 14.8. The van der Waals surface area contributed by atoms with Crippen LogP contribution in [0.4, 0.5) is 32.0 Å². The Bertz CT molecular complexity index is 770. The Morgan fingerprint density at radius 1 is 0.846 bits per heavy atom. The zero-order chi connectivity index (χ0) is 19.8. The molecule has 0 aliphatic heterocycles. The Kier molecular flexibility index (Phi) is 5.57. The number of anilines is 1. The fourth-order valence-electron chi connectivity index (χ4n) is 2.09. The smallest absolute Gasteiger partial charge is 0.369 e. The molecule has 10 heteroatoms. The molecule has 1 amide bonds. The molecule has 2 rings (SSSR count). The molecule has 0 aliphatic carbocycles. The van der Waals surface area contributed by atoms with E-state index in [2.05, 4.69) is 5.32 Å². The van der Waals surface area contributed by atoms with Crippen molar-refractivity contribution in [1.29, 1.82) is 0 Å². The maximum Gasteiger partial charge on any atom is 0.430 e. The van der Waals surface area contributed by atoms with E-state index in [4.69, 9.17) is 0 Å². The third-order valence-electron chi connectivity index (χ3n) is 3.49. The van der Waals surface area contributed by atoms with E-state index in [0.29, 0.717) is 12.1 Å². The van der Waals surface area contributed by atoms with Gasteiger partial charge in [0.2, 0.25) is 0 Å². The quantitative estimate of drug-likeness (QED) is 0.479. The summed E-state index contributed by atoms with van der Waals surface area (Å²) in [4.78, 5) is 12.0. The number of nitrogens with one attached hydrogen (secondary N) is 1. The summed E-state index contributed by atoms with van der Waals surface area (Å²) in [5.41, 5.74) is -6.16. The fourth-order valence-corrected chi connectivity index (χ4v) is 2.45. The number of rotatable bonds is 3. The molecule has 0 saturated carbocycles. The number of carbonyl (C=O) groups excluding carboxylic acids is 1. The highest BCUT2D eigenvalue weighted by Gasteiger charge is 2.71. The molecule has 2 aromatic rings. The van der Waals surface area contributed by atoms with Crippen molar-refractivity contribution >= 4 is 34.2 Å². The molecule has 0 atom stereocenters. The highest BCUT2D eigenvalue weighted by atomic mass is 127. The van der Waals surface area contributed by atoms with E-state index in [1.54, 1.807) is 12.1 Å². The van der Waals surface area contributed by atoms with Crippen LogP contribution in [0.25, 0.3) is 0 Å². The van der Waals surface area contributed by atoms with E-state index in [1.165, 1.54) is 12.1 Å². The van der Waals surface area contributed by atoms with Gasteiger partial charge in [0.15, 0.2) is 0 Å². The summed E-state index contributed by atoms with van der Waals surface area (Å²) in [5.74, 6) is -0.587. The van der Waals surface area contributed by atoms with Crippen LogP contribution < -0.4 is 5.32 Å². The van der Waals surface area contributed by atoms with Gasteiger partial charge in [-0.25, -0.2) is 0 Å². The Morgan fingerprint density at radius 3 is 1.73 bits per heavy atom. The highest BCUT2D eigenvalue weighted by molar-refractivity contribution is 14.1. The normalized spacial score (nSPS) is 12.8. The Hall–Kier alpha value is -1.82. The van der Waals surface area contributed by atoms with Gasteiger partial charge in [-0.1, -0.05) is 12.1 Å². The lowest BCUT2D eigenvalue weighted by atomic mass is 9.92. The molecule has 0 aliphatic rings. The summed E-state index contributed by atoms with van der Waals surface area (Å²) in [6.45, 7) is 0. The lowest BCUT2D eigenvalue weighted by molar-refractivity contribution is -0.376. The maximum atomic E-state index is 12.8. The Balaban J connectivity index is 2.27.